The Morgan fingerprint density at radius 1 is 1.57 bits per heavy atom. The molecule has 78 valence electrons. The van der Waals surface area contributed by atoms with Crippen molar-refractivity contribution in [3.05, 3.63) is 18.0 Å². The van der Waals surface area contributed by atoms with Crippen LogP contribution in [-0.4, -0.2) is 20.9 Å². The molecule has 14 heavy (non-hydrogen) atoms. The van der Waals surface area contributed by atoms with Crippen molar-refractivity contribution < 1.29 is 9.90 Å². The van der Waals surface area contributed by atoms with Crippen molar-refractivity contribution in [2.75, 3.05) is 0 Å². The normalized spacial score (nSPS) is 10.8. The molecule has 1 heterocycles. The first-order chi connectivity index (χ1) is 6.69. The number of carbonyl (C=O) groups is 1. The average molecular weight is 196 g/mol. The fraction of sp³-hybridized carbons (Fsp3) is 0.600. The Bertz CT molecular complexity index is 303. The number of carboxylic acids is 1. The van der Waals surface area contributed by atoms with E-state index in [1.54, 1.807) is 4.68 Å². The number of nitrogens with zero attached hydrogens (tertiary/aromatic N) is 2. The minimum absolute atomic E-state index is 0.275. The van der Waals surface area contributed by atoms with E-state index in [0.29, 0.717) is 12.5 Å². The van der Waals surface area contributed by atoms with Crippen molar-refractivity contribution in [3.63, 3.8) is 0 Å². The molecule has 0 unspecified atom stereocenters. The molecular formula is C10H16N2O2. The Labute approximate surface area is 83.5 Å². The molecule has 1 aromatic heterocycles. The maximum atomic E-state index is 10.8. The molecule has 0 fully saturated rings. The van der Waals surface area contributed by atoms with Crippen LogP contribution in [0.2, 0.25) is 0 Å². The van der Waals surface area contributed by atoms with Crippen LogP contribution in [0.1, 0.15) is 37.2 Å². The van der Waals surface area contributed by atoms with Gasteiger partial charge in [0.1, 0.15) is 5.69 Å². The Morgan fingerprint density at radius 2 is 2.21 bits per heavy atom. The molecule has 0 radical (unpaired) electrons. The van der Waals surface area contributed by atoms with Gasteiger partial charge in [-0.1, -0.05) is 26.7 Å². The molecular weight excluding hydrogens is 180 g/mol. The zero-order chi connectivity index (χ0) is 10.6. The second-order valence-corrected chi connectivity index (χ2v) is 3.39. The summed E-state index contributed by atoms with van der Waals surface area (Å²) in [7, 11) is 0. The minimum Gasteiger partial charge on any atom is -0.477 e. The third-order valence-electron chi connectivity index (χ3n) is 2.52. The fourth-order valence-electron chi connectivity index (χ4n) is 1.45. The lowest BCUT2D eigenvalue weighted by Crippen LogP contribution is -2.15. The van der Waals surface area contributed by atoms with Crippen LogP contribution in [0, 0.1) is 5.92 Å². The molecule has 0 saturated heterocycles. The summed E-state index contributed by atoms with van der Waals surface area (Å²) in [6.07, 6.45) is 3.64. The molecule has 0 saturated carbocycles. The van der Waals surface area contributed by atoms with Gasteiger partial charge in [0.15, 0.2) is 0 Å². The van der Waals surface area contributed by atoms with Gasteiger partial charge in [-0.25, -0.2) is 4.79 Å². The SMILES string of the molecule is CCC(CC)Cn1nccc1C(=O)O. The van der Waals surface area contributed by atoms with E-state index in [2.05, 4.69) is 18.9 Å². The summed E-state index contributed by atoms with van der Waals surface area (Å²) in [5.41, 5.74) is 0.275. The summed E-state index contributed by atoms with van der Waals surface area (Å²) in [6.45, 7) is 4.91. The van der Waals surface area contributed by atoms with Gasteiger partial charge in [-0.2, -0.15) is 5.10 Å². The maximum absolute atomic E-state index is 10.8. The third kappa shape index (κ3) is 2.34. The smallest absolute Gasteiger partial charge is 0.354 e. The Kier molecular flexibility index (Phi) is 3.68. The van der Waals surface area contributed by atoms with Gasteiger partial charge in [0, 0.05) is 12.7 Å². The second kappa shape index (κ2) is 4.79. The van der Waals surface area contributed by atoms with Gasteiger partial charge in [-0.3, -0.25) is 4.68 Å². The number of aromatic carboxylic acids is 1. The van der Waals surface area contributed by atoms with E-state index in [1.165, 1.54) is 12.3 Å². The third-order valence-corrected chi connectivity index (χ3v) is 2.52. The van der Waals surface area contributed by atoms with Crippen molar-refractivity contribution in [1.29, 1.82) is 0 Å². The lowest BCUT2D eigenvalue weighted by atomic mass is 10.0. The van der Waals surface area contributed by atoms with Gasteiger partial charge in [-0.15, -0.1) is 0 Å². The highest BCUT2D eigenvalue weighted by atomic mass is 16.4. The number of carboxylic acid groups (broad SMARTS) is 1. The van der Waals surface area contributed by atoms with Gasteiger partial charge < -0.3 is 5.11 Å². The maximum Gasteiger partial charge on any atom is 0.354 e. The monoisotopic (exact) mass is 196 g/mol. The molecule has 0 aliphatic heterocycles. The van der Waals surface area contributed by atoms with E-state index in [9.17, 15) is 4.79 Å². The van der Waals surface area contributed by atoms with Crippen LogP contribution in [0.3, 0.4) is 0 Å². The van der Waals surface area contributed by atoms with E-state index in [1.807, 2.05) is 0 Å². The minimum atomic E-state index is -0.909. The molecule has 0 bridgehead atoms. The standard InChI is InChI=1S/C10H16N2O2/c1-3-8(4-2)7-12-9(10(13)14)5-6-11-12/h5-6,8H,3-4,7H2,1-2H3,(H,13,14). The van der Waals surface area contributed by atoms with Crippen molar-refractivity contribution in [3.8, 4) is 0 Å². The van der Waals surface area contributed by atoms with Crippen LogP contribution in [-0.2, 0) is 6.54 Å². The molecule has 0 aliphatic rings. The summed E-state index contributed by atoms with van der Waals surface area (Å²) in [5, 5.41) is 12.9. The van der Waals surface area contributed by atoms with Crippen LogP contribution in [0.25, 0.3) is 0 Å². The number of aromatic nitrogens is 2. The molecule has 1 N–H and O–H groups in total. The lowest BCUT2D eigenvalue weighted by molar-refractivity contribution is 0.0681. The van der Waals surface area contributed by atoms with Gasteiger partial charge in [0.25, 0.3) is 0 Å². The second-order valence-electron chi connectivity index (χ2n) is 3.39. The van der Waals surface area contributed by atoms with Crippen molar-refractivity contribution in [1.82, 2.24) is 9.78 Å². The summed E-state index contributed by atoms with van der Waals surface area (Å²) in [5.74, 6) is -0.401. The molecule has 1 rings (SSSR count). The molecule has 0 aliphatic carbocycles. The number of rotatable bonds is 5. The first-order valence-corrected chi connectivity index (χ1v) is 4.94. The molecule has 4 heteroatoms. The van der Waals surface area contributed by atoms with Crippen molar-refractivity contribution in [2.45, 2.75) is 33.2 Å². The predicted octanol–water partition coefficient (Wildman–Crippen LogP) is 2.02. The Morgan fingerprint density at radius 3 is 2.71 bits per heavy atom. The number of hydrogen-bond acceptors (Lipinski definition) is 2. The quantitative estimate of drug-likeness (QED) is 0.783. The van der Waals surface area contributed by atoms with Crippen LogP contribution in [0.5, 0.6) is 0 Å². The Balaban J connectivity index is 2.75. The molecule has 0 spiro atoms. The highest BCUT2D eigenvalue weighted by molar-refractivity contribution is 5.85. The molecule has 4 nitrogen and oxygen atoms in total. The zero-order valence-electron chi connectivity index (χ0n) is 8.60. The average Bonchev–Trinajstić information content (AvgIpc) is 2.62. The van der Waals surface area contributed by atoms with E-state index >= 15 is 0 Å². The van der Waals surface area contributed by atoms with E-state index < -0.39 is 5.97 Å². The lowest BCUT2D eigenvalue weighted by Gasteiger charge is -2.13. The molecule has 0 amide bonds. The van der Waals surface area contributed by atoms with Gasteiger partial charge in [0.05, 0.1) is 0 Å². The van der Waals surface area contributed by atoms with Crippen molar-refractivity contribution in [2.24, 2.45) is 5.92 Å². The first-order valence-electron chi connectivity index (χ1n) is 4.94. The summed E-state index contributed by atoms with van der Waals surface area (Å²) < 4.78 is 1.57. The van der Waals surface area contributed by atoms with Crippen LogP contribution in [0.15, 0.2) is 12.3 Å². The molecule has 0 aromatic carbocycles. The van der Waals surface area contributed by atoms with Gasteiger partial charge in [-0.05, 0) is 12.0 Å². The molecule has 0 atom stereocenters. The zero-order valence-corrected chi connectivity index (χ0v) is 8.60. The van der Waals surface area contributed by atoms with Crippen molar-refractivity contribution >= 4 is 5.97 Å². The van der Waals surface area contributed by atoms with E-state index in [0.717, 1.165) is 12.8 Å². The van der Waals surface area contributed by atoms with Gasteiger partial charge in [0.2, 0.25) is 0 Å². The first kappa shape index (κ1) is 10.8. The topological polar surface area (TPSA) is 55.1 Å². The van der Waals surface area contributed by atoms with Crippen LogP contribution < -0.4 is 0 Å². The van der Waals surface area contributed by atoms with E-state index in [4.69, 9.17) is 5.11 Å². The highest BCUT2D eigenvalue weighted by Crippen LogP contribution is 2.11. The van der Waals surface area contributed by atoms with Crippen LogP contribution >= 0.6 is 0 Å². The number of hydrogen-bond donors (Lipinski definition) is 1. The summed E-state index contributed by atoms with van der Waals surface area (Å²) in [6, 6.07) is 1.53. The fourth-order valence-corrected chi connectivity index (χ4v) is 1.45. The summed E-state index contributed by atoms with van der Waals surface area (Å²) >= 11 is 0. The Hall–Kier alpha value is -1.32. The van der Waals surface area contributed by atoms with Gasteiger partial charge >= 0.3 is 5.97 Å². The van der Waals surface area contributed by atoms with E-state index in [-0.39, 0.29) is 5.69 Å². The predicted molar refractivity (Wildman–Crippen MR) is 53.3 cm³/mol. The molecule has 1 aromatic rings. The summed E-state index contributed by atoms with van der Waals surface area (Å²) in [4.78, 5) is 10.8. The van der Waals surface area contributed by atoms with Crippen LogP contribution in [0.4, 0.5) is 0 Å². The largest absolute Gasteiger partial charge is 0.477 e. The highest BCUT2D eigenvalue weighted by Gasteiger charge is 2.12.